The van der Waals surface area contributed by atoms with E-state index in [1.807, 2.05) is 13.0 Å². The van der Waals surface area contributed by atoms with Gasteiger partial charge in [0, 0.05) is 5.57 Å². The number of carboxylic acids is 1. The maximum Gasteiger partial charge on any atom is 0.348 e. The van der Waals surface area contributed by atoms with Crippen LogP contribution in [0.1, 0.15) is 120 Å². The number of allylic oxidation sites excluding steroid dienone is 6. The largest absolute Gasteiger partial charge is 0.477 e. The number of aldehydes is 1. The number of hydrogen-bond acceptors (Lipinski definition) is 27. The molecule has 1 aliphatic carbocycles. The third-order valence-corrected chi connectivity index (χ3v) is 9.71. The van der Waals surface area contributed by atoms with Gasteiger partial charge in [0.2, 0.25) is 0 Å². The second-order valence-electron chi connectivity index (χ2n) is 16.8. The van der Waals surface area contributed by atoms with Gasteiger partial charge in [-0.2, -0.15) is 36.8 Å². The zero-order valence-corrected chi connectivity index (χ0v) is 60.1. The Morgan fingerprint density at radius 3 is 1.08 bits per heavy atom. The summed E-state index contributed by atoms with van der Waals surface area (Å²) in [4.78, 5) is 126. The van der Waals surface area contributed by atoms with E-state index in [0.29, 0.717) is 12.5 Å². The summed E-state index contributed by atoms with van der Waals surface area (Å²) in [6, 6.07) is 11.4. The molecular formula is C72H98N8O21. The van der Waals surface area contributed by atoms with E-state index in [-0.39, 0.29) is 71.2 Å². The number of methoxy groups -OCH3 is 2. The molecule has 0 unspecified atom stereocenters. The smallest absolute Gasteiger partial charge is 0.348 e. The van der Waals surface area contributed by atoms with Crippen LogP contribution in [0.3, 0.4) is 0 Å². The van der Waals surface area contributed by atoms with E-state index >= 15 is 0 Å². The molecule has 0 aromatic heterocycles. The van der Waals surface area contributed by atoms with Gasteiger partial charge < -0.3 is 48.7 Å². The molecule has 0 saturated heterocycles. The van der Waals surface area contributed by atoms with E-state index in [0.717, 1.165) is 50.2 Å². The lowest BCUT2D eigenvalue weighted by atomic mass is 9.85. The van der Waals surface area contributed by atoms with Crippen molar-refractivity contribution in [1.29, 1.82) is 36.8 Å². The number of esters is 8. The van der Waals surface area contributed by atoms with Crippen LogP contribution in [-0.2, 0) is 95.4 Å². The van der Waals surface area contributed by atoms with E-state index in [2.05, 4.69) is 138 Å². The minimum atomic E-state index is -1.17. The van der Waals surface area contributed by atoms with Gasteiger partial charge in [0.15, 0.2) is 12.4 Å². The lowest BCUT2D eigenvalue weighted by Gasteiger charge is -2.20. The number of amides is 1. The number of ketones is 1. The number of rotatable bonds is 23. The summed E-state index contributed by atoms with van der Waals surface area (Å²) < 4.78 is 35.6. The van der Waals surface area contributed by atoms with Crippen molar-refractivity contribution in [2.24, 2.45) is 11.7 Å². The minimum Gasteiger partial charge on any atom is -0.477 e. The minimum absolute atomic E-state index is 0.0139. The average Bonchev–Trinajstić information content (AvgIpc) is 0.963. The van der Waals surface area contributed by atoms with E-state index in [1.54, 1.807) is 71.0 Å². The SMILES string of the molecule is C/C=C(/C#N)C(=O)O.C/C=C(\C)C#N.C=C.C=C.C=C.C=C(C#N)C#N.C=C(C#N)C(=O)OC.C=C(C#N)C(=O)OCCCCCC.C=C(C#N)C(C)=O.C=C(C(=O)OCC)C(=O)OCC.C=C(C(=O)OCC)C(=O)OCC(=O)OCC.C=C(C(N)=O)C(=O)OC.C=C(C=O)C1CCCCC1. The predicted molar refractivity (Wildman–Crippen MR) is 376 cm³/mol. The van der Waals surface area contributed by atoms with Gasteiger partial charge in [0.1, 0.15) is 81.7 Å². The highest BCUT2D eigenvalue weighted by Gasteiger charge is 2.20. The first-order valence-electron chi connectivity index (χ1n) is 29.3. The average molecular weight is 1410 g/mol. The summed E-state index contributed by atoms with van der Waals surface area (Å²) >= 11 is 0. The molecule has 0 aliphatic heterocycles. The van der Waals surface area contributed by atoms with Crippen LogP contribution < -0.4 is 5.73 Å². The van der Waals surface area contributed by atoms with Crippen molar-refractivity contribution in [2.75, 3.05) is 53.9 Å². The molecule has 101 heavy (non-hydrogen) atoms. The van der Waals surface area contributed by atoms with Crippen LogP contribution in [0.2, 0.25) is 0 Å². The first kappa shape index (κ1) is 115. The molecule has 0 aromatic carbocycles. The molecule has 0 aromatic rings. The van der Waals surface area contributed by atoms with Crippen LogP contribution in [-0.4, -0.2) is 131 Å². The molecule has 0 bridgehead atoms. The third kappa shape index (κ3) is 83.1. The summed E-state index contributed by atoms with van der Waals surface area (Å²) in [5.74, 6) is -7.85. The van der Waals surface area contributed by atoms with Crippen LogP contribution >= 0.6 is 0 Å². The molecule has 1 rings (SSSR count). The fourth-order valence-electron chi connectivity index (χ4n) is 4.43. The number of carbonyl (C=O) groups excluding carboxylic acids is 11. The fourth-order valence-corrected chi connectivity index (χ4v) is 4.43. The summed E-state index contributed by atoms with van der Waals surface area (Å²) in [6.45, 7) is 59.5. The molecule has 0 heterocycles. The van der Waals surface area contributed by atoms with Gasteiger partial charge >= 0.3 is 53.7 Å². The van der Waals surface area contributed by atoms with Crippen LogP contribution in [0.25, 0.3) is 0 Å². The summed E-state index contributed by atoms with van der Waals surface area (Å²) in [6.07, 6.45) is 14.4. The van der Waals surface area contributed by atoms with E-state index in [9.17, 15) is 57.5 Å². The number of unbranched alkanes of at least 4 members (excludes halogenated alkanes) is 3. The number of Topliss-reactive ketones (excluding diaryl/α,β-unsaturated/α-hetero) is 1. The van der Waals surface area contributed by atoms with Gasteiger partial charge in [-0.15, -0.1) is 39.5 Å². The standard InChI is InChI=1S/C10H15NO2.C10H14O6.C9H14O.C8H12O4.C5H7NO3.2C5H5NO2.C5H5NO.C5H7N.C4H2N2.3C2H4/c1-3-4-5-6-7-13-10(12)9(2)8-11;1-4-14-8(11)6-16-10(13)7(3)9(12)15-5-2;1-8(7-10)9-5-3-2-4-6-9;1-4-11-7(9)6(3)8(10)12-5-2;1-3(4(6)7)5(8)9-2;1-4(3-6)5(7)8-2;1-2-4(3-6)5(7)8;1-4(3-6)5(2)7;1-3-5(2)4-6;1-4(2-5)3-6;3*1-2/h2-7H2,1H3;3-6H2,1-2H3;7,9H,1-6H2;3-5H2,1-2H3;1H2,2H3,(H2,6,7);1H2,2H3;2H,1H3,(H,7,8);1H2,2H3;3H,1-2H3;1H2;3*1-2H2/b;;;;;;4-2-;;5-3+;;;;. The molecule has 1 saturated carbocycles. The van der Waals surface area contributed by atoms with Crippen molar-refractivity contribution >= 4 is 71.7 Å². The molecule has 3 N–H and O–H groups in total. The van der Waals surface area contributed by atoms with Crippen molar-refractivity contribution < 1.29 is 101 Å². The Balaban J connectivity index is -0.0000000875. The maximum atomic E-state index is 11.1. The van der Waals surface area contributed by atoms with Crippen molar-refractivity contribution in [3.63, 3.8) is 0 Å². The van der Waals surface area contributed by atoms with Gasteiger partial charge in [0.25, 0.3) is 5.91 Å². The lowest BCUT2D eigenvalue weighted by molar-refractivity contribution is -0.158. The molecule has 29 nitrogen and oxygen atoms in total. The molecule has 0 radical (unpaired) electrons. The molecule has 0 atom stereocenters. The second kappa shape index (κ2) is 87.1. The third-order valence-electron chi connectivity index (χ3n) is 9.71. The number of hydrogen-bond donors (Lipinski definition) is 2. The van der Waals surface area contributed by atoms with E-state index < -0.39 is 71.8 Å². The number of aliphatic carboxylic acids is 1. The number of nitrogens with zero attached hydrogens (tertiary/aromatic N) is 7. The van der Waals surface area contributed by atoms with E-state index in [1.165, 1.54) is 65.2 Å². The lowest BCUT2D eigenvalue weighted by Crippen LogP contribution is -2.21. The summed E-state index contributed by atoms with van der Waals surface area (Å²) in [5.41, 5.74) is 4.65. The van der Waals surface area contributed by atoms with Gasteiger partial charge in [-0.05, 0) is 86.1 Å². The van der Waals surface area contributed by atoms with Gasteiger partial charge in [-0.25, -0.2) is 43.2 Å². The molecular weight excluding hydrogens is 1310 g/mol. The second-order valence-corrected chi connectivity index (χ2v) is 16.8. The Bertz CT molecular complexity index is 3040. The quantitative estimate of drug-likeness (QED) is 0.0110. The van der Waals surface area contributed by atoms with Crippen molar-refractivity contribution in [3.05, 3.63) is 160 Å². The molecule has 1 aliphatic rings. The van der Waals surface area contributed by atoms with Crippen LogP contribution in [0.4, 0.5) is 0 Å². The topological polar surface area (TPSA) is 491 Å². The Morgan fingerprint density at radius 1 is 0.475 bits per heavy atom. The highest BCUT2D eigenvalue weighted by Crippen LogP contribution is 2.27. The maximum absolute atomic E-state index is 11.1. The summed E-state index contributed by atoms with van der Waals surface area (Å²) in [5, 5.41) is 63.8. The highest BCUT2D eigenvalue weighted by atomic mass is 16.6. The normalized spacial score (nSPS) is 9.27. The first-order chi connectivity index (χ1) is 47.5. The Kier molecular flexibility index (Phi) is 99.5. The van der Waals surface area contributed by atoms with Gasteiger partial charge in [0.05, 0.1) is 58.9 Å². The monoisotopic (exact) mass is 1410 g/mol. The number of nitrogens with two attached hydrogens (primary N) is 1. The molecule has 1 amide bonds. The molecule has 1 fully saturated rings. The highest BCUT2D eigenvalue weighted by molar-refractivity contribution is 6.15. The van der Waals surface area contributed by atoms with Crippen molar-refractivity contribution in [2.45, 2.75) is 120 Å². The van der Waals surface area contributed by atoms with Crippen LogP contribution in [0, 0.1) is 85.2 Å². The van der Waals surface area contributed by atoms with Crippen molar-refractivity contribution in [3.8, 4) is 42.5 Å². The Morgan fingerprint density at radius 2 is 0.861 bits per heavy atom. The molecule has 552 valence electrons. The Hall–Kier alpha value is -12.9. The van der Waals surface area contributed by atoms with Crippen molar-refractivity contribution in [1.82, 2.24) is 0 Å². The Labute approximate surface area is 594 Å². The zero-order valence-electron chi connectivity index (χ0n) is 60.1. The van der Waals surface area contributed by atoms with Gasteiger partial charge in [-0.1, -0.05) is 110 Å². The van der Waals surface area contributed by atoms with Crippen LogP contribution in [0.15, 0.2) is 160 Å². The molecule has 0 spiro atoms. The number of nitriles is 7. The zero-order chi connectivity index (χ0) is 82.0. The van der Waals surface area contributed by atoms with Gasteiger partial charge in [-0.3, -0.25) is 14.4 Å². The summed E-state index contributed by atoms with van der Waals surface area (Å²) in [7, 11) is 2.35. The number of primary amides is 1. The first-order valence-corrected chi connectivity index (χ1v) is 29.3. The van der Waals surface area contributed by atoms with Crippen LogP contribution in [0.5, 0.6) is 0 Å². The van der Waals surface area contributed by atoms with E-state index in [4.69, 9.17) is 46.7 Å². The number of carbonyl (C=O) groups is 12. The fraction of sp³-hybridized carbons (Fsp3) is 0.375. The predicted octanol–water partition coefficient (Wildman–Crippen LogP) is 10.5. The number of carboxylic acid groups (broad SMARTS) is 1. The molecule has 29 heteroatoms. The number of ether oxygens (including phenoxy) is 8.